The molecule has 2 aromatic rings. The lowest BCUT2D eigenvalue weighted by atomic mass is 10.0. The smallest absolute Gasteiger partial charge is 0.410 e. The summed E-state index contributed by atoms with van der Waals surface area (Å²) in [4.78, 5) is 52.4. The second-order valence-corrected chi connectivity index (χ2v) is 11.4. The zero-order chi connectivity index (χ0) is 29.0. The van der Waals surface area contributed by atoms with Gasteiger partial charge in [0.2, 0.25) is 5.28 Å². The number of fused-ring (bicyclic) bond motifs is 1. The zero-order valence-electron chi connectivity index (χ0n) is 23.6. The molecule has 0 radical (unpaired) electrons. The molecule has 2 amide bonds. The van der Waals surface area contributed by atoms with E-state index in [-0.39, 0.29) is 37.4 Å². The first kappa shape index (κ1) is 29.4. The van der Waals surface area contributed by atoms with Crippen molar-refractivity contribution in [2.24, 2.45) is 0 Å². The first-order valence-corrected chi connectivity index (χ1v) is 13.7. The number of piperazine rings is 1. The summed E-state index contributed by atoms with van der Waals surface area (Å²) in [7, 11) is 1.33. The van der Waals surface area contributed by atoms with Crippen LogP contribution in [0.1, 0.15) is 50.9 Å². The predicted octanol–water partition coefficient (Wildman–Crippen LogP) is 4.20. The lowest BCUT2D eigenvalue weighted by molar-refractivity contribution is -0.141. The molecule has 2 aliphatic heterocycles. The number of benzene rings is 1. The molecule has 3 heterocycles. The van der Waals surface area contributed by atoms with Crippen molar-refractivity contribution in [1.82, 2.24) is 19.8 Å². The maximum Gasteiger partial charge on any atom is 0.410 e. The van der Waals surface area contributed by atoms with Crippen molar-refractivity contribution in [2.45, 2.75) is 71.4 Å². The number of carbonyl (C=O) groups excluding carboxylic acids is 3. The van der Waals surface area contributed by atoms with Gasteiger partial charge in [0.25, 0.3) is 0 Å². The average Bonchev–Trinajstić information content (AvgIpc) is 2.91. The molecule has 11 nitrogen and oxygen atoms in total. The van der Waals surface area contributed by atoms with E-state index in [2.05, 4.69) is 9.97 Å². The zero-order valence-corrected chi connectivity index (χ0v) is 24.3. The van der Waals surface area contributed by atoms with Crippen LogP contribution in [0.15, 0.2) is 30.3 Å². The Kier molecular flexibility index (Phi) is 9.02. The number of amides is 2. The van der Waals surface area contributed by atoms with E-state index in [0.717, 1.165) is 11.1 Å². The van der Waals surface area contributed by atoms with Crippen molar-refractivity contribution in [3.63, 3.8) is 0 Å². The number of rotatable bonds is 5. The van der Waals surface area contributed by atoms with Crippen LogP contribution in [0.4, 0.5) is 15.4 Å². The van der Waals surface area contributed by atoms with Crippen molar-refractivity contribution in [3.05, 3.63) is 52.4 Å². The molecule has 2 unspecified atom stereocenters. The minimum atomic E-state index is -0.620. The highest BCUT2D eigenvalue weighted by Gasteiger charge is 2.39. The summed E-state index contributed by atoms with van der Waals surface area (Å²) in [5.41, 5.74) is 1.74. The van der Waals surface area contributed by atoms with Crippen LogP contribution in [-0.2, 0) is 38.6 Å². The Balaban J connectivity index is 1.56. The third-order valence-corrected chi connectivity index (χ3v) is 7.02. The molecule has 0 aliphatic carbocycles. The summed E-state index contributed by atoms with van der Waals surface area (Å²) in [6, 6.07) is 8.77. The van der Waals surface area contributed by atoms with Gasteiger partial charge in [-0.25, -0.2) is 19.6 Å². The summed E-state index contributed by atoms with van der Waals surface area (Å²) in [6.45, 7) is 8.79. The highest BCUT2D eigenvalue weighted by molar-refractivity contribution is 6.28. The summed E-state index contributed by atoms with van der Waals surface area (Å²) >= 11 is 6.37. The van der Waals surface area contributed by atoms with Crippen molar-refractivity contribution >= 4 is 35.6 Å². The predicted molar refractivity (Wildman–Crippen MR) is 148 cm³/mol. The number of halogens is 1. The summed E-state index contributed by atoms with van der Waals surface area (Å²) in [5.74, 6) is 0.184. The molecule has 1 fully saturated rings. The van der Waals surface area contributed by atoms with E-state index in [4.69, 9.17) is 25.8 Å². The standard InChI is InChI=1S/C28H36ClN5O6/c1-18-14-34(20(13-23(35)38-5)15-33(18)27(37)39-17-19-9-7-6-8-10-19)24-21-11-12-32(26(36)40-28(2,3)4)16-22(21)30-25(29)31-24/h6-10,18,20H,11-17H2,1-5H3. The molecule has 4 rings (SSSR count). The van der Waals surface area contributed by atoms with Crippen molar-refractivity contribution in [1.29, 1.82) is 0 Å². The normalized spacial score (nSPS) is 19.1. The molecular formula is C28H36ClN5O6. The molecule has 2 aliphatic rings. The molecule has 216 valence electrons. The number of nitrogens with zero attached hydrogens (tertiary/aromatic N) is 5. The Labute approximate surface area is 239 Å². The fourth-order valence-corrected chi connectivity index (χ4v) is 5.09. The number of ether oxygens (including phenoxy) is 3. The quantitative estimate of drug-likeness (QED) is 0.295. The maximum absolute atomic E-state index is 13.1. The van der Waals surface area contributed by atoms with Gasteiger partial charge in [-0.15, -0.1) is 0 Å². The monoisotopic (exact) mass is 573 g/mol. The Bertz CT molecular complexity index is 1240. The van der Waals surface area contributed by atoms with Gasteiger partial charge in [0.1, 0.15) is 18.0 Å². The van der Waals surface area contributed by atoms with Crippen LogP contribution in [0.3, 0.4) is 0 Å². The molecule has 0 N–H and O–H groups in total. The van der Waals surface area contributed by atoms with E-state index >= 15 is 0 Å². The fraction of sp³-hybridized carbons (Fsp3) is 0.536. The van der Waals surface area contributed by atoms with Gasteiger partial charge in [-0.1, -0.05) is 30.3 Å². The third-order valence-electron chi connectivity index (χ3n) is 6.85. The number of methoxy groups -OCH3 is 1. The van der Waals surface area contributed by atoms with E-state index in [1.807, 2.05) is 62.9 Å². The van der Waals surface area contributed by atoms with Crippen LogP contribution in [0, 0.1) is 0 Å². The van der Waals surface area contributed by atoms with Gasteiger partial charge in [-0.05, 0) is 51.3 Å². The van der Waals surface area contributed by atoms with E-state index in [0.29, 0.717) is 31.0 Å². The van der Waals surface area contributed by atoms with Gasteiger partial charge in [0.05, 0.1) is 31.8 Å². The first-order valence-electron chi connectivity index (χ1n) is 13.3. The van der Waals surface area contributed by atoms with Gasteiger partial charge in [0, 0.05) is 31.2 Å². The van der Waals surface area contributed by atoms with E-state index < -0.39 is 29.8 Å². The second kappa shape index (κ2) is 12.3. The largest absolute Gasteiger partial charge is 0.469 e. The Morgan fingerprint density at radius 3 is 2.48 bits per heavy atom. The lowest BCUT2D eigenvalue weighted by Gasteiger charge is -2.46. The minimum Gasteiger partial charge on any atom is -0.469 e. The molecule has 0 saturated carbocycles. The summed E-state index contributed by atoms with van der Waals surface area (Å²) in [5, 5.41) is 0.0361. The van der Waals surface area contributed by atoms with Crippen molar-refractivity contribution < 1.29 is 28.6 Å². The maximum atomic E-state index is 13.1. The summed E-state index contributed by atoms with van der Waals surface area (Å²) < 4.78 is 16.1. The fourth-order valence-electron chi connectivity index (χ4n) is 4.91. The molecule has 1 aromatic heterocycles. The van der Waals surface area contributed by atoms with E-state index in [9.17, 15) is 14.4 Å². The van der Waals surface area contributed by atoms with Crippen molar-refractivity contribution in [3.8, 4) is 0 Å². The van der Waals surface area contributed by atoms with Gasteiger partial charge < -0.3 is 28.9 Å². The van der Waals surface area contributed by atoms with Crippen LogP contribution in [0.5, 0.6) is 0 Å². The van der Waals surface area contributed by atoms with Crippen molar-refractivity contribution in [2.75, 3.05) is 31.6 Å². The molecule has 2 atom stereocenters. The van der Waals surface area contributed by atoms with Crippen LogP contribution >= 0.6 is 11.6 Å². The average molecular weight is 574 g/mol. The molecule has 1 aromatic carbocycles. The highest BCUT2D eigenvalue weighted by Crippen LogP contribution is 2.33. The van der Waals surface area contributed by atoms with Crippen LogP contribution in [-0.4, -0.2) is 82.4 Å². The first-order chi connectivity index (χ1) is 18.9. The van der Waals surface area contributed by atoms with Gasteiger partial charge in [0.15, 0.2) is 0 Å². The minimum absolute atomic E-state index is 0.0338. The highest BCUT2D eigenvalue weighted by atomic mass is 35.5. The van der Waals surface area contributed by atoms with Gasteiger partial charge in [-0.3, -0.25) is 4.79 Å². The number of hydrogen-bond acceptors (Lipinski definition) is 9. The Morgan fingerprint density at radius 1 is 1.07 bits per heavy atom. The third kappa shape index (κ3) is 7.12. The van der Waals surface area contributed by atoms with E-state index in [1.54, 1.807) is 9.80 Å². The Hall–Kier alpha value is -3.60. The SMILES string of the molecule is COC(=O)CC1CN(C(=O)OCc2ccccc2)C(C)CN1c1nc(Cl)nc2c1CCN(C(=O)OC(C)(C)C)C2. The molecule has 12 heteroatoms. The number of hydrogen-bond donors (Lipinski definition) is 0. The van der Waals surface area contributed by atoms with Gasteiger partial charge in [-0.2, -0.15) is 0 Å². The topological polar surface area (TPSA) is 114 Å². The number of aromatic nitrogens is 2. The molecule has 1 saturated heterocycles. The molecule has 40 heavy (non-hydrogen) atoms. The molecule has 0 bridgehead atoms. The van der Waals surface area contributed by atoms with Crippen LogP contribution in [0.25, 0.3) is 0 Å². The molecular weight excluding hydrogens is 538 g/mol. The number of carbonyl (C=O) groups is 3. The number of esters is 1. The van der Waals surface area contributed by atoms with Gasteiger partial charge >= 0.3 is 18.2 Å². The lowest BCUT2D eigenvalue weighted by Crippen LogP contribution is -2.60. The molecule has 0 spiro atoms. The number of anilines is 1. The Morgan fingerprint density at radius 2 is 1.80 bits per heavy atom. The second-order valence-electron chi connectivity index (χ2n) is 11.0. The van der Waals surface area contributed by atoms with Crippen LogP contribution < -0.4 is 4.90 Å². The van der Waals surface area contributed by atoms with Crippen LogP contribution in [0.2, 0.25) is 5.28 Å². The summed E-state index contributed by atoms with van der Waals surface area (Å²) in [6.07, 6.45) is -0.359. The van der Waals surface area contributed by atoms with E-state index in [1.165, 1.54) is 7.11 Å².